The Morgan fingerprint density at radius 3 is 2.77 bits per heavy atom. The molecule has 1 unspecified atom stereocenters. The maximum absolute atomic E-state index is 12.6. The molecule has 3 atom stereocenters. The smallest absolute Gasteiger partial charge is 0.251 e. The van der Waals surface area contributed by atoms with Crippen molar-refractivity contribution in [2.24, 2.45) is 11.7 Å². The number of carbonyl (C=O) groups excluding carboxylic acids is 1. The van der Waals surface area contributed by atoms with Crippen molar-refractivity contribution in [3.05, 3.63) is 35.9 Å². The van der Waals surface area contributed by atoms with Crippen LogP contribution in [0, 0.1) is 5.92 Å². The number of likely N-dealkylation sites (tertiary alicyclic amines) is 1. The van der Waals surface area contributed by atoms with E-state index in [-0.39, 0.29) is 18.1 Å². The van der Waals surface area contributed by atoms with Gasteiger partial charge in [0.25, 0.3) is 5.91 Å². The van der Waals surface area contributed by atoms with Gasteiger partial charge in [-0.05, 0) is 43.6 Å². The van der Waals surface area contributed by atoms with Crippen LogP contribution in [0.3, 0.4) is 0 Å². The third-order valence-electron chi connectivity index (χ3n) is 4.84. The topological polar surface area (TPSA) is 55.6 Å². The van der Waals surface area contributed by atoms with Crippen LogP contribution >= 0.6 is 0 Å². The second-order valence-electron chi connectivity index (χ2n) is 6.54. The molecular weight excluding hydrogens is 276 g/mol. The van der Waals surface area contributed by atoms with Gasteiger partial charge in [-0.1, -0.05) is 30.3 Å². The lowest BCUT2D eigenvalue weighted by Gasteiger charge is -2.34. The number of amides is 1. The zero-order valence-corrected chi connectivity index (χ0v) is 13.1. The SMILES string of the molecule is NC[C@H]1CC[C@@H](C(=O)N2CCCC(Cc3ccccc3)C2)O1. The van der Waals surface area contributed by atoms with Crippen LogP contribution in [0.1, 0.15) is 31.2 Å². The standard InChI is InChI=1S/C18H26N2O2/c19-12-16-8-9-17(22-16)18(21)20-10-4-7-15(13-20)11-14-5-2-1-3-6-14/h1-3,5-6,15-17H,4,7-13,19H2/t15?,16-,17+/m1/s1. The van der Waals surface area contributed by atoms with Crippen molar-refractivity contribution in [1.82, 2.24) is 4.90 Å². The van der Waals surface area contributed by atoms with Gasteiger partial charge in [-0.2, -0.15) is 0 Å². The predicted octanol–water partition coefficient (Wildman–Crippen LogP) is 1.97. The summed E-state index contributed by atoms with van der Waals surface area (Å²) < 4.78 is 5.76. The fourth-order valence-corrected chi connectivity index (χ4v) is 3.64. The molecule has 120 valence electrons. The Kier molecular flexibility index (Phi) is 5.11. The lowest BCUT2D eigenvalue weighted by Crippen LogP contribution is -2.45. The van der Waals surface area contributed by atoms with Crippen molar-refractivity contribution in [2.75, 3.05) is 19.6 Å². The number of piperidine rings is 1. The highest BCUT2D eigenvalue weighted by molar-refractivity contribution is 5.81. The molecular formula is C18H26N2O2. The fraction of sp³-hybridized carbons (Fsp3) is 0.611. The highest BCUT2D eigenvalue weighted by atomic mass is 16.5. The van der Waals surface area contributed by atoms with Crippen LogP contribution in [0.5, 0.6) is 0 Å². The summed E-state index contributed by atoms with van der Waals surface area (Å²) >= 11 is 0. The van der Waals surface area contributed by atoms with Gasteiger partial charge in [0, 0.05) is 19.6 Å². The zero-order chi connectivity index (χ0) is 15.4. The molecule has 0 bridgehead atoms. The molecule has 1 amide bonds. The van der Waals surface area contributed by atoms with Crippen molar-refractivity contribution in [1.29, 1.82) is 0 Å². The number of nitrogens with zero attached hydrogens (tertiary/aromatic N) is 1. The first-order valence-corrected chi connectivity index (χ1v) is 8.44. The van der Waals surface area contributed by atoms with Crippen LogP contribution in [0.2, 0.25) is 0 Å². The van der Waals surface area contributed by atoms with Crippen LogP contribution in [0.25, 0.3) is 0 Å². The van der Waals surface area contributed by atoms with Crippen molar-refractivity contribution >= 4 is 5.91 Å². The van der Waals surface area contributed by atoms with Gasteiger partial charge in [-0.25, -0.2) is 0 Å². The van der Waals surface area contributed by atoms with Gasteiger partial charge < -0.3 is 15.4 Å². The number of hydrogen-bond donors (Lipinski definition) is 1. The molecule has 0 spiro atoms. The van der Waals surface area contributed by atoms with Crippen LogP contribution in [-0.4, -0.2) is 42.6 Å². The van der Waals surface area contributed by atoms with Crippen molar-refractivity contribution in [3.8, 4) is 0 Å². The molecule has 0 aromatic heterocycles. The summed E-state index contributed by atoms with van der Waals surface area (Å²) in [4.78, 5) is 14.6. The largest absolute Gasteiger partial charge is 0.364 e. The number of hydrogen-bond acceptors (Lipinski definition) is 3. The van der Waals surface area contributed by atoms with Gasteiger partial charge >= 0.3 is 0 Å². The fourth-order valence-electron chi connectivity index (χ4n) is 3.64. The first-order valence-electron chi connectivity index (χ1n) is 8.44. The van der Waals surface area contributed by atoms with Gasteiger partial charge in [0.1, 0.15) is 6.10 Å². The first kappa shape index (κ1) is 15.5. The lowest BCUT2D eigenvalue weighted by atomic mass is 9.91. The highest BCUT2D eigenvalue weighted by Crippen LogP contribution is 2.25. The minimum atomic E-state index is -0.260. The molecule has 4 nitrogen and oxygen atoms in total. The van der Waals surface area contributed by atoms with Gasteiger partial charge in [-0.15, -0.1) is 0 Å². The van der Waals surface area contributed by atoms with Gasteiger partial charge in [-0.3, -0.25) is 4.79 Å². The Morgan fingerprint density at radius 2 is 2.05 bits per heavy atom. The molecule has 2 N–H and O–H groups in total. The molecule has 2 aliphatic rings. The number of carbonyl (C=O) groups is 1. The van der Waals surface area contributed by atoms with E-state index in [2.05, 4.69) is 24.3 Å². The van der Waals surface area contributed by atoms with Crippen molar-refractivity contribution < 1.29 is 9.53 Å². The van der Waals surface area contributed by atoms with Crippen LogP contribution < -0.4 is 5.73 Å². The van der Waals surface area contributed by atoms with Gasteiger partial charge in [0.15, 0.2) is 0 Å². The average Bonchev–Trinajstić information content (AvgIpc) is 3.04. The summed E-state index contributed by atoms with van der Waals surface area (Å²) in [5.41, 5.74) is 7.00. The molecule has 1 aromatic carbocycles. The molecule has 3 rings (SSSR count). The first-order chi connectivity index (χ1) is 10.8. The molecule has 0 saturated carbocycles. The van der Waals surface area contributed by atoms with Crippen LogP contribution in [0.15, 0.2) is 30.3 Å². The molecule has 2 fully saturated rings. The molecule has 0 radical (unpaired) electrons. The highest BCUT2D eigenvalue weighted by Gasteiger charge is 2.34. The van der Waals surface area contributed by atoms with E-state index in [1.54, 1.807) is 0 Å². The Morgan fingerprint density at radius 1 is 1.23 bits per heavy atom. The number of nitrogens with two attached hydrogens (primary N) is 1. The van der Waals surface area contributed by atoms with E-state index in [1.165, 1.54) is 12.0 Å². The molecule has 2 saturated heterocycles. The monoisotopic (exact) mass is 302 g/mol. The predicted molar refractivity (Wildman–Crippen MR) is 86.4 cm³/mol. The van der Waals surface area contributed by atoms with Crippen molar-refractivity contribution in [2.45, 2.75) is 44.3 Å². The summed E-state index contributed by atoms with van der Waals surface area (Å²) in [6.45, 7) is 2.25. The molecule has 2 heterocycles. The number of benzene rings is 1. The molecule has 4 heteroatoms. The normalized spacial score (nSPS) is 28.8. The molecule has 2 aliphatic heterocycles. The number of rotatable bonds is 4. The summed E-state index contributed by atoms with van der Waals surface area (Å²) in [5.74, 6) is 0.737. The second kappa shape index (κ2) is 7.25. The van der Waals surface area contributed by atoms with Crippen molar-refractivity contribution in [3.63, 3.8) is 0 Å². The molecule has 22 heavy (non-hydrogen) atoms. The van der Waals surface area contributed by atoms with E-state index in [4.69, 9.17) is 10.5 Å². The Bertz CT molecular complexity index is 491. The maximum atomic E-state index is 12.6. The third kappa shape index (κ3) is 3.68. The van der Waals surface area contributed by atoms with E-state index in [1.807, 2.05) is 11.0 Å². The third-order valence-corrected chi connectivity index (χ3v) is 4.84. The minimum Gasteiger partial charge on any atom is -0.364 e. The van der Waals surface area contributed by atoms with E-state index >= 15 is 0 Å². The molecule has 0 aliphatic carbocycles. The lowest BCUT2D eigenvalue weighted by molar-refractivity contribution is -0.144. The van der Waals surface area contributed by atoms with E-state index in [0.29, 0.717) is 12.5 Å². The summed E-state index contributed by atoms with van der Waals surface area (Å²) in [6.07, 6.45) is 4.89. The summed E-state index contributed by atoms with van der Waals surface area (Å²) in [5, 5.41) is 0. The summed E-state index contributed by atoms with van der Waals surface area (Å²) in [7, 11) is 0. The average molecular weight is 302 g/mol. The van der Waals surface area contributed by atoms with Crippen LogP contribution in [-0.2, 0) is 16.0 Å². The van der Waals surface area contributed by atoms with Gasteiger partial charge in [0.05, 0.1) is 6.10 Å². The Balaban J connectivity index is 1.55. The quantitative estimate of drug-likeness (QED) is 0.925. The van der Waals surface area contributed by atoms with Gasteiger partial charge in [0.2, 0.25) is 0 Å². The molecule has 1 aromatic rings. The maximum Gasteiger partial charge on any atom is 0.251 e. The zero-order valence-electron chi connectivity index (χ0n) is 13.1. The summed E-state index contributed by atoms with van der Waals surface area (Å²) in [6, 6.07) is 10.6. The minimum absolute atomic E-state index is 0.0684. The Labute approximate surface area is 132 Å². The van der Waals surface area contributed by atoms with E-state index < -0.39 is 0 Å². The second-order valence-corrected chi connectivity index (χ2v) is 6.54. The number of ether oxygens (including phenoxy) is 1. The Hall–Kier alpha value is -1.39. The van der Waals surface area contributed by atoms with E-state index in [9.17, 15) is 4.79 Å². The van der Waals surface area contributed by atoms with Crippen LogP contribution in [0.4, 0.5) is 0 Å². The van der Waals surface area contributed by atoms with E-state index in [0.717, 1.165) is 38.8 Å².